The Bertz CT molecular complexity index is 722. The van der Waals surface area contributed by atoms with Crippen LogP contribution >= 0.6 is 22.9 Å². The molecule has 0 atom stereocenters. The van der Waals surface area contributed by atoms with Gasteiger partial charge in [0, 0.05) is 12.3 Å². The number of pyridine rings is 1. The van der Waals surface area contributed by atoms with Crippen LogP contribution in [0.2, 0.25) is 5.02 Å². The van der Waals surface area contributed by atoms with E-state index in [-0.39, 0.29) is 11.6 Å². The van der Waals surface area contributed by atoms with Gasteiger partial charge in [-0.1, -0.05) is 22.8 Å². The second-order valence-corrected chi connectivity index (χ2v) is 5.25. The number of aromatic nitrogens is 2. The van der Waals surface area contributed by atoms with Gasteiger partial charge in [0.05, 0.1) is 9.90 Å². The Morgan fingerprint density at radius 2 is 2.25 bits per heavy atom. The fraction of sp³-hybridized carbons (Fsp3) is 0. The SMILES string of the molecule is O=C(Nc1ccc(Cl)cn1)c1cc(-c2cccs2)on1. The first-order valence-corrected chi connectivity index (χ1v) is 6.91. The predicted octanol–water partition coefficient (Wildman–Crippen LogP) is 3.70. The van der Waals surface area contributed by atoms with E-state index in [2.05, 4.69) is 15.5 Å². The number of nitrogens with one attached hydrogen (secondary N) is 1. The van der Waals surface area contributed by atoms with Gasteiger partial charge in [-0.3, -0.25) is 4.79 Å². The molecule has 0 bridgehead atoms. The molecule has 3 aromatic heterocycles. The minimum absolute atomic E-state index is 0.199. The number of halogens is 1. The van der Waals surface area contributed by atoms with Crippen molar-refractivity contribution >= 4 is 34.7 Å². The summed E-state index contributed by atoms with van der Waals surface area (Å²) in [5.41, 5.74) is 0.199. The average molecular weight is 306 g/mol. The topological polar surface area (TPSA) is 68.0 Å². The number of carbonyl (C=O) groups is 1. The van der Waals surface area contributed by atoms with Gasteiger partial charge in [-0.2, -0.15) is 0 Å². The number of rotatable bonds is 3. The zero-order valence-corrected chi connectivity index (χ0v) is 11.6. The normalized spacial score (nSPS) is 10.4. The summed E-state index contributed by atoms with van der Waals surface area (Å²) >= 11 is 7.24. The third kappa shape index (κ3) is 2.71. The van der Waals surface area contributed by atoms with Crippen LogP contribution in [0.4, 0.5) is 5.82 Å². The zero-order chi connectivity index (χ0) is 13.9. The van der Waals surface area contributed by atoms with E-state index in [0.717, 1.165) is 4.88 Å². The van der Waals surface area contributed by atoms with Crippen LogP contribution in [0, 0.1) is 0 Å². The third-order valence-electron chi connectivity index (χ3n) is 2.48. The average Bonchev–Trinajstić information content (AvgIpc) is 3.11. The van der Waals surface area contributed by atoms with Crippen molar-refractivity contribution in [2.45, 2.75) is 0 Å². The largest absolute Gasteiger partial charge is 0.355 e. The van der Waals surface area contributed by atoms with Gasteiger partial charge in [-0.05, 0) is 23.6 Å². The molecule has 0 saturated carbocycles. The number of anilines is 1. The fourth-order valence-electron chi connectivity index (χ4n) is 1.55. The lowest BCUT2D eigenvalue weighted by Gasteiger charge is -2.00. The van der Waals surface area contributed by atoms with E-state index >= 15 is 0 Å². The molecule has 7 heteroatoms. The molecule has 0 aliphatic rings. The second-order valence-electron chi connectivity index (χ2n) is 3.87. The summed E-state index contributed by atoms with van der Waals surface area (Å²) in [7, 11) is 0. The molecule has 20 heavy (non-hydrogen) atoms. The van der Waals surface area contributed by atoms with Crippen molar-refractivity contribution in [3.8, 4) is 10.6 Å². The fourth-order valence-corrected chi connectivity index (χ4v) is 2.33. The summed E-state index contributed by atoms with van der Waals surface area (Å²) in [5, 5.41) is 8.80. The summed E-state index contributed by atoms with van der Waals surface area (Å²) in [6.07, 6.45) is 1.46. The van der Waals surface area contributed by atoms with Gasteiger partial charge in [0.1, 0.15) is 5.82 Å². The first-order valence-electron chi connectivity index (χ1n) is 5.66. The van der Waals surface area contributed by atoms with Crippen LogP contribution in [0.15, 0.2) is 46.4 Å². The highest BCUT2D eigenvalue weighted by molar-refractivity contribution is 7.13. The van der Waals surface area contributed by atoms with Gasteiger partial charge in [0.2, 0.25) is 0 Å². The van der Waals surface area contributed by atoms with Crippen molar-refractivity contribution in [2.75, 3.05) is 5.32 Å². The molecular formula is C13H8ClN3O2S. The molecule has 0 fully saturated rings. The van der Waals surface area contributed by atoms with Gasteiger partial charge in [0.15, 0.2) is 11.5 Å². The van der Waals surface area contributed by atoms with Gasteiger partial charge in [0.25, 0.3) is 5.91 Å². The highest BCUT2D eigenvalue weighted by atomic mass is 35.5. The standard InChI is InChI=1S/C13H8ClN3O2S/c14-8-3-4-12(15-7-8)16-13(18)9-6-10(19-17-9)11-2-1-5-20-11/h1-7H,(H,15,16,18). The van der Waals surface area contributed by atoms with E-state index in [1.54, 1.807) is 18.2 Å². The van der Waals surface area contributed by atoms with Crippen LogP contribution in [0.1, 0.15) is 10.5 Å². The number of nitrogens with zero attached hydrogens (tertiary/aromatic N) is 2. The zero-order valence-electron chi connectivity index (χ0n) is 10.0. The van der Waals surface area contributed by atoms with E-state index < -0.39 is 0 Å². The Labute approximate surface area is 123 Å². The molecule has 5 nitrogen and oxygen atoms in total. The van der Waals surface area contributed by atoms with Crippen molar-refractivity contribution in [1.29, 1.82) is 0 Å². The van der Waals surface area contributed by atoms with E-state index in [9.17, 15) is 4.79 Å². The molecule has 100 valence electrons. The summed E-state index contributed by atoms with van der Waals surface area (Å²) in [6, 6.07) is 8.65. The number of hydrogen-bond acceptors (Lipinski definition) is 5. The van der Waals surface area contributed by atoms with Crippen molar-refractivity contribution in [2.24, 2.45) is 0 Å². The molecule has 3 heterocycles. The Morgan fingerprint density at radius 3 is 2.95 bits per heavy atom. The minimum Gasteiger partial charge on any atom is -0.355 e. The van der Waals surface area contributed by atoms with Crippen LogP contribution in [0.5, 0.6) is 0 Å². The number of hydrogen-bond donors (Lipinski definition) is 1. The molecule has 0 unspecified atom stereocenters. The molecule has 0 saturated heterocycles. The Morgan fingerprint density at radius 1 is 1.35 bits per heavy atom. The Hall–Kier alpha value is -2.18. The molecule has 1 amide bonds. The molecule has 0 aliphatic heterocycles. The first kappa shape index (κ1) is 12.8. The summed E-state index contributed by atoms with van der Waals surface area (Å²) in [4.78, 5) is 16.9. The highest BCUT2D eigenvalue weighted by Crippen LogP contribution is 2.25. The number of thiophene rings is 1. The number of carbonyl (C=O) groups excluding carboxylic acids is 1. The smallest absolute Gasteiger partial charge is 0.279 e. The first-order chi connectivity index (χ1) is 9.72. The molecule has 3 rings (SSSR count). The van der Waals surface area contributed by atoms with E-state index in [1.165, 1.54) is 17.5 Å². The summed E-state index contributed by atoms with van der Waals surface area (Å²) in [5.74, 6) is 0.584. The van der Waals surface area contributed by atoms with Crippen molar-refractivity contribution in [1.82, 2.24) is 10.1 Å². The summed E-state index contributed by atoms with van der Waals surface area (Å²) < 4.78 is 5.15. The van der Waals surface area contributed by atoms with Crippen molar-refractivity contribution in [3.05, 3.63) is 52.6 Å². The number of amides is 1. The second kappa shape index (κ2) is 5.44. The lowest BCUT2D eigenvalue weighted by molar-refractivity contribution is 0.101. The maximum Gasteiger partial charge on any atom is 0.279 e. The molecular weight excluding hydrogens is 298 g/mol. The van der Waals surface area contributed by atoms with E-state index in [0.29, 0.717) is 16.6 Å². The lowest BCUT2D eigenvalue weighted by atomic mass is 10.3. The predicted molar refractivity (Wildman–Crippen MR) is 77.0 cm³/mol. The van der Waals surface area contributed by atoms with E-state index in [1.807, 2.05) is 17.5 Å². The maximum atomic E-state index is 12.0. The summed E-state index contributed by atoms with van der Waals surface area (Å²) in [6.45, 7) is 0. The molecule has 0 aromatic carbocycles. The molecule has 3 aromatic rings. The van der Waals surface area contributed by atoms with Crippen LogP contribution in [0.3, 0.4) is 0 Å². The van der Waals surface area contributed by atoms with Crippen LogP contribution in [-0.4, -0.2) is 16.0 Å². The van der Waals surface area contributed by atoms with Gasteiger partial charge in [-0.15, -0.1) is 11.3 Å². The monoisotopic (exact) mass is 305 g/mol. The Balaban J connectivity index is 1.76. The third-order valence-corrected chi connectivity index (χ3v) is 3.58. The highest BCUT2D eigenvalue weighted by Gasteiger charge is 2.14. The van der Waals surface area contributed by atoms with Crippen molar-refractivity contribution in [3.63, 3.8) is 0 Å². The molecule has 0 spiro atoms. The minimum atomic E-state index is -0.383. The van der Waals surface area contributed by atoms with Gasteiger partial charge < -0.3 is 9.84 Å². The van der Waals surface area contributed by atoms with Crippen molar-refractivity contribution < 1.29 is 9.32 Å². The van der Waals surface area contributed by atoms with Crippen LogP contribution in [0.25, 0.3) is 10.6 Å². The van der Waals surface area contributed by atoms with Gasteiger partial charge >= 0.3 is 0 Å². The van der Waals surface area contributed by atoms with Crippen LogP contribution < -0.4 is 5.32 Å². The molecule has 1 N–H and O–H groups in total. The van der Waals surface area contributed by atoms with Gasteiger partial charge in [-0.25, -0.2) is 4.98 Å². The maximum absolute atomic E-state index is 12.0. The quantitative estimate of drug-likeness (QED) is 0.801. The molecule has 0 radical (unpaired) electrons. The van der Waals surface area contributed by atoms with E-state index in [4.69, 9.17) is 16.1 Å². The van der Waals surface area contributed by atoms with Crippen LogP contribution in [-0.2, 0) is 0 Å². The Kier molecular flexibility index (Phi) is 3.49. The molecule has 0 aliphatic carbocycles. The lowest BCUT2D eigenvalue weighted by Crippen LogP contribution is -2.13.